The number of benzene rings is 1. The molecule has 1 aromatic heterocycles. The van der Waals surface area contributed by atoms with E-state index in [0.717, 1.165) is 36.6 Å². The SMILES string of the molecule is CCc1ccc(C2COCCN2Cc2ccc(C(=O)O)cc2)o1. The molecule has 1 saturated heterocycles. The molecule has 1 aliphatic heterocycles. The standard InChI is InChI=1S/C18H21NO4/c1-2-15-7-8-17(23-15)16-12-22-10-9-19(16)11-13-3-5-14(6-4-13)18(20)21/h3-8,16H,2,9-12H2,1H3,(H,20,21). The fourth-order valence-corrected chi connectivity index (χ4v) is 2.84. The Kier molecular flexibility index (Phi) is 4.79. The third kappa shape index (κ3) is 3.63. The molecule has 0 radical (unpaired) electrons. The van der Waals surface area contributed by atoms with Gasteiger partial charge in [-0.25, -0.2) is 4.79 Å². The first-order valence-corrected chi connectivity index (χ1v) is 7.90. The summed E-state index contributed by atoms with van der Waals surface area (Å²) in [6.45, 7) is 4.96. The predicted octanol–water partition coefficient (Wildman–Crippen LogP) is 3.11. The van der Waals surface area contributed by atoms with Gasteiger partial charge in [0.1, 0.15) is 11.5 Å². The molecule has 1 N–H and O–H groups in total. The first-order valence-electron chi connectivity index (χ1n) is 7.90. The van der Waals surface area contributed by atoms with E-state index in [4.69, 9.17) is 14.3 Å². The zero-order valence-electron chi connectivity index (χ0n) is 13.2. The Morgan fingerprint density at radius 2 is 2.04 bits per heavy atom. The van der Waals surface area contributed by atoms with E-state index in [1.807, 2.05) is 24.3 Å². The molecule has 122 valence electrons. The van der Waals surface area contributed by atoms with Gasteiger partial charge in [-0.1, -0.05) is 19.1 Å². The van der Waals surface area contributed by atoms with E-state index in [9.17, 15) is 4.79 Å². The zero-order chi connectivity index (χ0) is 16.2. The summed E-state index contributed by atoms with van der Waals surface area (Å²) in [5, 5.41) is 8.97. The average Bonchev–Trinajstić information content (AvgIpc) is 3.05. The summed E-state index contributed by atoms with van der Waals surface area (Å²) in [5.74, 6) is 1.02. The van der Waals surface area contributed by atoms with E-state index >= 15 is 0 Å². The molecular formula is C18H21NO4. The van der Waals surface area contributed by atoms with Gasteiger partial charge in [-0.2, -0.15) is 0 Å². The molecule has 0 amide bonds. The van der Waals surface area contributed by atoms with Crippen LogP contribution in [0.4, 0.5) is 0 Å². The Bertz CT molecular complexity index is 662. The molecule has 23 heavy (non-hydrogen) atoms. The van der Waals surface area contributed by atoms with Crippen molar-refractivity contribution in [3.63, 3.8) is 0 Å². The van der Waals surface area contributed by atoms with Crippen LogP contribution in [-0.2, 0) is 17.7 Å². The molecule has 5 nitrogen and oxygen atoms in total. The Morgan fingerprint density at radius 3 is 2.70 bits per heavy atom. The number of rotatable bonds is 5. The van der Waals surface area contributed by atoms with Gasteiger partial charge in [0.05, 0.1) is 24.8 Å². The predicted molar refractivity (Wildman–Crippen MR) is 85.5 cm³/mol. The van der Waals surface area contributed by atoms with E-state index in [1.54, 1.807) is 12.1 Å². The van der Waals surface area contributed by atoms with Crippen molar-refractivity contribution in [3.8, 4) is 0 Å². The highest BCUT2D eigenvalue weighted by Crippen LogP contribution is 2.27. The number of carboxylic acids is 1. The van der Waals surface area contributed by atoms with Crippen LogP contribution < -0.4 is 0 Å². The number of carbonyl (C=O) groups is 1. The van der Waals surface area contributed by atoms with Crippen molar-refractivity contribution < 1.29 is 19.1 Å². The van der Waals surface area contributed by atoms with Crippen LogP contribution >= 0.6 is 0 Å². The van der Waals surface area contributed by atoms with Crippen molar-refractivity contribution in [1.29, 1.82) is 0 Å². The van der Waals surface area contributed by atoms with Gasteiger partial charge in [-0.15, -0.1) is 0 Å². The van der Waals surface area contributed by atoms with Gasteiger partial charge < -0.3 is 14.3 Å². The van der Waals surface area contributed by atoms with E-state index < -0.39 is 5.97 Å². The molecule has 1 fully saturated rings. The second kappa shape index (κ2) is 6.98. The molecule has 3 rings (SSSR count). The van der Waals surface area contributed by atoms with Gasteiger partial charge in [0.2, 0.25) is 0 Å². The largest absolute Gasteiger partial charge is 0.478 e. The highest BCUT2D eigenvalue weighted by atomic mass is 16.5. The van der Waals surface area contributed by atoms with Crippen LogP contribution in [0.5, 0.6) is 0 Å². The minimum Gasteiger partial charge on any atom is -0.478 e. The topological polar surface area (TPSA) is 62.9 Å². The molecule has 2 heterocycles. The third-order valence-electron chi connectivity index (χ3n) is 4.19. The first-order chi connectivity index (χ1) is 11.2. The molecule has 0 spiro atoms. The fraction of sp³-hybridized carbons (Fsp3) is 0.389. The number of aryl methyl sites for hydroxylation is 1. The minimum atomic E-state index is -0.900. The number of hydrogen-bond acceptors (Lipinski definition) is 4. The third-order valence-corrected chi connectivity index (χ3v) is 4.19. The van der Waals surface area contributed by atoms with Crippen LogP contribution in [0, 0.1) is 0 Å². The van der Waals surface area contributed by atoms with E-state index in [1.165, 1.54) is 0 Å². The van der Waals surface area contributed by atoms with Crippen molar-refractivity contribution in [1.82, 2.24) is 4.90 Å². The number of morpholine rings is 1. The highest BCUT2D eigenvalue weighted by molar-refractivity contribution is 5.87. The maximum absolute atomic E-state index is 10.9. The van der Waals surface area contributed by atoms with Crippen molar-refractivity contribution in [3.05, 3.63) is 59.0 Å². The Hall–Kier alpha value is -2.11. The minimum absolute atomic E-state index is 0.100. The molecule has 1 aliphatic rings. The number of nitrogens with zero attached hydrogens (tertiary/aromatic N) is 1. The Labute approximate surface area is 135 Å². The molecule has 1 unspecified atom stereocenters. The molecule has 2 aromatic rings. The molecular weight excluding hydrogens is 294 g/mol. The van der Waals surface area contributed by atoms with Crippen molar-refractivity contribution >= 4 is 5.97 Å². The lowest BCUT2D eigenvalue weighted by molar-refractivity contribution is -0.0206. The number of carboxylic acid groups (broad SMARTS) is 1. The van der Waals surface area contributed by atoms with Gasteiger partial charge >= 0.3 is 5.97 Å². The van der Waals surface area contributed by atoms with E-state index in [0.29, 0.717) is 18.8 Å². The summed E-state index contributed by atoms with van der Waals surface area (Å²) < 4.78 is 11.5. The average molecular weight is 315 g/mol. The second-order valence-electron chi connectivity index (χ2n) is 5.72. The lowest BCUT2D eigenvalue weighted by Crippen LogP contribution is -2.38. The summed E-state index contributed by atoms with van der Waals surface area (Å²) >= 11 is 0. The number of aromatic carboxylic acids is 1. The number of ether oxygens (including phenoxy) is 1. The number of furan rings is 1. The Balaban J connectivity index is 1.74. The van der Waals surface area contributed by atoms with E-state index in [2.05, 4.69) is 11.8 Å². The van der Waals surface area contributed by atoms with Crippen molar-refractivity contribution in [2.75, 3.05) is 19.8 Å². The van der Waals surface area contributed by atoms with Crippen LogP contribution in [0.2, 0.25) is 0 Å². The van der Waals surface area contributed by atoms with Crippen molar-refractivity contribution in [2.45, 2.75) is 25.9 Å². The molecule has 5 heteroatoms. The van der Waals surface area contributed by atoms with Crippen LogP contribution in [0.1, 0.15) is 40.4 Å². The van der Waals surface area contributed by atoms with E-state index in [-0.39, 0.29) is 6.04 Å². The number of hydrogen-bond donors (Lipinski definition) is 1. The fourth-order valence-electron chi connectivity index (χ4n) is 2.84. The molecule has 0 saturated carbocycles. The van der Waals surface area contributed by atoms with Crippen LogP contribution in [0.15, 0.2) is 40.8 Å². The normalized spacial score (nSPS) is 18.9. The first kappa shape index (κ1) is 15.8. The monoisotopic (exact) mass is 315 g/mol. The summed E-state index contributed by atoms with van der Waals surface area (Å²) in [7, 11) is 0. The quantitative estimate of drug-likeness (QED) is 0.918. The summed E-state index contributed by atoms with van der Waals surface area (Å²) in [6.07, 6.45) is 0.879. The van der Waals surface area contributed by atoms with Gasteiger partial charge in [-0.3, -0.25) is 4.90 Å². The summed E-state index contributed by atoms with van der Waals surface area (Å²) in [5.41, 5.74) is 1.40. The molecule has 0 aliphatic carbocycles. The van der Waals surface area contributed by atoms with Gasteiger partial charge in [0.15, 0.2) is 0 Å². The maximum Gasteiger partial charge on any atom is 0.335 e. The Morgan fingerprint density at radius 1 is 1.26 bits per heavy atom. The van der Waals surface area contributed by atoms with Crippen LogP contribution in [0.25, 0.3) is 0 Å². The molecule has 0 bridgehead atoms. The lowest BCUT2D eigenvalue weighted by Gasteiger charge is -2.34. The molecule has 1 atom stereocenters. The van der Waals surface area contributed by atoms with Crippen molar-refractivity contribution in [2.24, 2.45) is 0 Å². The van der Waals surface area contributed by atoms with Gasteiger partial charge in [-0.05, 0) is 29.8 Å². The molecule has 1 aromatic carbocycles. The second-order valence-corrected chi connectivity index (χ2v) is 5.72. The van der Waals surface area contributed by atoms with Gasteiger partial charge in [0, 0.05) is 19.5 Å². The van der Waals surface area contributed by atoms with Gasteiger partial charge in [0.25, 0.3) is 0 Å². The zero-order valence-corrected chi connectivity index (χ0v) is 13.2. The summed E-state index contributed by atoms with van der Waals surface area (Å²) in [6, 6.07) is 11.2. The summed E-state index contributed by atoms with van der Waals surface area (Å²) in [4.78, 5) is 13.2. The smallest absolute Gasteiger partial charge is 0.335 e. The van der Waals surface area contributed by atoms with Crippen LogP contribution in [0.3, 0.4) is 0 Å². The maximum atomic E-state index is 10.9. The lowest BCUT2D eigenvalue weighted by atomic mass is 10.1. The highest BCUT2D eigenvalue weighted by Gasteiger charge is 2.27. The van der Waals surface area contributed by atoms with Crippen LogP contribution in [-0.4, -0.2) is 35.7 Å².